The van der Waals surface area contributed by atoms with Gasteiger partial charge in [0.1, 0.15) is 16.9 Å². The molecule has 4 unspecified atom stereocenters. The smallest absolute Gasteiger partial charge is 0.249 e. The molecule has 2 aromatic carbocycles. The number of carbonyl (C=O) groups excluding carboxylic acids is 2. The fourth-order valence-electron chi connectivity index (χ4n) is 3.68. The maximum absolute atomic E-state index is 13.1. The molecule has 8 heteroatoms. The predicted molar refractivity (Wildman–Crippen MR) is 123 cm³/mol. The van der Waals surface area contributed by atoms with Gasteiger partial charge in [0.2, 0.25) is 16.9 Å². The van der Waals surface area contributed by atoms with E-state index in [2.05, 4.69) is 20.8 Å². The second-order valence-corrected chi connectivity index (χ2v) is 9.12. The van der Waals surface area contributed by atoms with Crippen molar-refractivity contribution in [2.24, 2.45) is 11.8 Å². The van der Waals surface area contributed by atoms with E-state index in [4.69, 9.17) is 0 Å². The number of aromatic nitrogens is 2. The van der Waals surface area contributed by atoms with Gasteiger partial charge >= 0.3 is 0 Å². The zero-order valence-corrected chi connectivity index (χ0v) is 18.7. The van der Waals surface area contributed by atoms with Crippen molar-refractivity contribution in [2.75, 3.05) is 5.32 Å². The Balaban J connectivity index is 1.40. The summed E-state index contributed by atoms with van der Waals surface area (Å²) in [5, 5.41) is 14.8. The van der Waals surface area contributed by atoms with Gasteiger partial charge in [-0.25, -0.2) is 4.39 Å². The van der Waals surface area contributed by atoms with Gasteiger partial charge < -0.3 is 5.32 Å². The van der Waals surface area contributed by atoms with Crippen LogP contribution >= 0.6 is 11.3 Å². The average Bonchev–Trinajstić information content (AvgIpc) is 3.49. The Kier molecular flexibility index (Phi) is 6.60. The van der Waals surface area contributed by atoms with Crippen LogP contribution in [0.3, 0.4) is 0 Å². The Morgan fingerprint density at radius 3 is 2.53 bits per heavy atom. The second kappa shape index (κ2) is 9.56. The number of amides is 2. The van der Waals surface area contributed by atoms with Gasteiger partial charge in [-0.05, 0) is 48.1 Å². The molecule has 1 aliphatic rings. The fraction of sp³-hybridized carbons (Fsp3) is 0.333. The topological polar surface area (TPSA) is 84.0 Å². The van der Waals surface area contributed by atoms with Crippen molar-refractivity contribution in [3.63, 3.8) is 0 Å². The molecule has 1 heterocycles. The average molecular weight is 453 g/mol. The molecule has 0 radical (unpaired) electrons. The van der Waals surface area contributed by atoms with E-state index < -0.39 is 6.04 Å². The molecule has 2 amide bonds. The third kappa shape index (κ3) is 5.02. The first-order valence-corrected chi connectivity index (χ1v) is 11.5. The van der Waals surface area contributed by atoms with Gasteiger partial charge in [-0.2, -0.15) is 0 Å². The van der Waals surface area contributed by atoms with Gasteiger partial charge in [-0.1, -0.05) is 61.9 Å². The summed E-state index contributed by atoms with van der Waals surface area (Å²) in [5.74, 6) is -0.682. The number of hydrogen-bond donors (Lipinski definition) is 2. The van der Waals surface area contributed by atoms with E-state index in [9.17, 15) is 14.0 Å². The van der Waals surface area contributed by atoms with E-state index in [0.29, 0.717) is 10.1 Å². The number of carbonyl (C=O) groups is 2. The van der Waals surface area contributed by atoms with Crippen molar-refractivity contribution in [1.82, 2.24) is 15.5 Å². The summed E-state index contributed by atoms with van der Waals surface area (Å²) in [4.78, 5) is 25.8. The maximum atomic E-state index is 13.1. The molecule has 1 fully saturated rings. The molecule has 166 valence electrons. The highest BCUT2D eigenvalue weighted by molar-refractivity contribution is 7.18. The standard InChI is InChI=1S/C24H25FN4O2S/c1-3-14(2)20(26-21(30)19-13-18(19)15-7-5-4-6-8-15)22(31)27-24-29-28-23(32-24)16-9-11-17(25)12-10-16/h4-12,14,18-20H,3,13H2,1-2H3,(H,26,30)(H,27,29,31). The molecule has 0 aliphatic heterocycles. The summed E-state index contributed by atoms with van der Waals surface area (Å²) >= 11 is 1.20. The van der Waals surface area contributed by atoms with Gasteiger partial charge in [-0.15, -0.1) is 10.2 Å². The third-order valence-electron chi connectivity index (χ3n) is 5.89. The van der Waals surface area contributed by atoms with E-state index in [0.717, 1.165) is 24.0 Å². The van der Waals surface area contributed by atoms with Crippen LogP contribution in [0.4, 0.5) is 9.52 Å². The van der Waals surface area contributed by atoms with E-state index >= 15 is 0 Å². The van der Waals surface area contributed by atoms with Crippen molar-refractivity contribution in [1.29, 1.82) is 0 Å². The summed E-state index contributed by atoms with van der Waals surface area (Å²) in [7, 11) is 0. The summed E-state index contributed by atoms with van der Waals surface area (Å²) in [5.41, 5.74) is 1.87. The van der Waals surface area contributed by atoms with Crippen LogP contribution in [0.2, 0.25) is 0 Å². The molecular formula is C24H25FN4O2S. The summed E-state index contributed by atoms with van der Waals surface area (Å²) in [6.07, 6.45) is 1.53. The fourth-order valence-corrected chi connectivity index (χ4v) is 4.43. The van der Waals surface area contributed by atoms with Gasteiger partial charge in [0.25, 0.3) is 0 Å². The molecule has 0 bridgehead atoms. The summed E-state index contributed by atoms with van der Waals surface area (Å²) in [6, 6.07) is 15.2. The first-order valence-electron chi connectivity index (χ1n) is 10.7. The Morgan fingerprint density at radius 1 is 1.12 bits per heavy atom. The van der Waals surface area contributed by atoms with E-state index in [-0.39, 0.29) is 35.4 Å². The number of anilines is 1. The molecule has 1 saturated carbocycles. The number of nitrogens with zero attached hydrogens (tertiary/aromatic N) is 2. The first-order chi connectivity index (χ1) is 15.5. The van der Waals surface area contributed by atoms with Crippen LogP contribution in [0.1, 0.15) is 38.2 Å². The van der Waals surface area contributed by atoms with Gasteiger partial charge in [0.05, 0.1) is 0 Å². The summed E-state index contributed by atoms with van der Waals surface area (Å²) < 4.78 is 13.1. The minimum atomic E-state index is -0.664. The molecule has 6 nitrogen and oxygen atoms in total. The lowest BCUT2D eigenvalue weighted by Crippen LogP contribution is -2.48. The van der Waals surface area contributed by atoms with Crippen molar-refractivity contribution >= 4 is 28.3 Å². The van der Waals surface area contributed by atoms with Crippen molar-refractivity contribution in [3.05, 3.63) is 66.0 Å². The first kappa shape index (κ1) is 22.1. The molecule has 1 aromatic heterocycles. The lowest BCUT2D eigenvalue weighted by atomic mass is 9.98. The highest BCUT2D eigenvalue weighted by Gasteiger charge is 2.45. The zero-order valence-electron chi connectivity index (χ0n) is 17.9. The Morgan fingerprint density at radius 2 is 1.84 bits per heavy atom. The van der Waals surface area contributed by atoms with Crippen LogP contribution in [0.15, 0.2) is 54.6 Å². The molecule has 3 aromatic rings. The summed E-state index contributed by atoms with van der Waals surface area (Å²) in [6.45, 7) is 3.93. The Labute approximate surface area is 190 Å². The van der Waals surface area contributed by atoms with Crippen LogP contribution < -0.4 is 10.6 Å². The minimum Gasteiger partial charge on any atom is -0.344 e. The largest absolute Gasteiger partial charge is 0.344 e. The number of rotatable bonds is 8. The van der Waals surface area contributed by atoms with E-state index in [1.54, 1.807) is 12.1 Å². The van der Waals surface area contributed by atoms with Crippen molar-refractivity contribution in [3.8, 4) is 10.6 Å². The van der Waals surface area contributed by atoms with Gasteiger partial charge in [0.15, 0.2) is 0 Å². The molecule has 4 rings (SSSR count). The lowest BCUT2D eigenvalue weighted by Gasteiger charge is -2.23. The highest BCUT2D eigenvalue weighted by Crippen LogP contribution is 2.47. The monoisotopic (exact) mass is 452 g/mol. The Hall–Kier alpha value is -3.13. The second-order valence-electron chi connectivity index (χ2n) is 8.14. The highest BCUT2D eigenvalue weighted by atomic mass is 32.1. The van der Waals surface area contributed by atoms with Crippen LogP contribution in [-0.2, 0) is 9.59 Å². The number of hydrogen-bond acceptors (Lipinski definition) is 5. The minimum absolute atomic E-state index is 0.0441. The maximum Gasteiger partial charge on any atom is 0.249 e. The van der Waals surface area contributed by atoms with Crippen LogP contribution in [0, 0.1) is 17.7 Å². The van der Waals surface area contributed by atoms with Crippen LogP contribution in [0.5, 0.6) is 0 Å². The SMILES string of the molecule is CCC(C)C(NC(=O)C1CC1c1ccccc1)C(=O)Nc1nnc(-c2ccc(F)cc2)s1. The lowest BCUT2D eigenvalue weighted by molar-refractivity contribution is -0.128. The molecule has 0 spiro atoms. The quantitative estimate of drug-likeness (QED) is 0.522. The van der Waals surface area contributed by atoms with Gasteiger partial charge in [0, 0.05) is 11.5 Å². The van der Waals surface area contributed by atoms with Crippen LogP contribution in [-0.4, -0.2) is 28.1 Å². The molecule has 0 saturated heterocycles. The van der Waals surface area contributed by atoms with Crippen molar-refractivity contribution < 1.29 is 14.0 Å². The normalized spacial score (nSPS) is 19.1. The molecule has 32 heavy (non-hydrogen) atoms. The Bertz CT molecular complexity index is 1090. The van der Waals surface area contributed by atoms with E-state index in [1.165, 1.54) is 23.5 Å². The molecule has 2 N–H and O–H groups in total. The third-order valence-corrected chi connectivity index (χ3v) is 6.78. The number of nitrogens with one attached hydrogen (secondary N) is 2. The number of halogens is 1. The molecule has 4 atom stereocenters. The molecule has 1 aliphatic carbocycles. The van der Waals surface area contributed by atoms with Crippen molar-refractivity contribution in [2.45, 2.75) is 38.6 Å². The van der Waals surface area contributed by atoms with Gasteiger partial charge in [-0.3, -0.25) is 14.9 Å². The van der Waals surface area contributed by atoms with Crippen LogP contribution in [0.25, 0.3) is 10.6 Å². The predicted octanol–water partition coefficient (Wildman–Crippen LogP) is 4.62. The number of benzene rings is 2. The van der Waals surface area contributed by atoms with E-state index in [1.807, 2.05) is 44.2 Å². The zero-order chi connectivity index (χ0) is 22.7. The molecular weight excluding hydrogens is 427 g/mol.